The van der Waals surface area contributed by atoms with E-state index in [-0.39, 0.29) is 22.7 Å². The summed E-state index contributed by atoms with van der Waals surface area (Å²) in [6.07, 6.45) is 4.53. The molecule has 1 N–H and O–H groups in total. The van der Waals surface area contributed by atoms with Crippen molar-refractivity contribution in [1.82, 2.24) is 9.97 Å². The molecule has 2 aromatic carbocycles. The Balaban J connectivity index is 1.92. The number of carbonyl (C=O) groups excluding carboxylic acids is 1. The lowest BCUT2D eigenvalue weighted by molar-refractivity contribution is -0.137. The molecule has 0 radical (unpaired) electrons. The first-order valence-corrected chi connectivity index (χ1v) is 7.88. The van der Waals surface area contributed by atoms with Crippen molar-refractivity contribution in [3.8, 4) is 23.8 Å². The Bertz CT molecular complexity index is 1040. The number of carbonyl (C=O) groups is 1. The van der Waals surface area contributed by atoms with E-state index in [4.69, 9.17) is 11.2 Å². The summed E-state index contributed by atoms with van der Waals surface area (Å²) >= 11 is 0. The van der Waals surface area contributed by atoms with E-state index in [9.17, 15) is 18.0 Å². The molecular formula is C20H12F3N3O2. The first-order chi connectivity index (χ1) is 13.3. The molecule has 0 atom stereocenters. The van der Waals surface area contributed by atoms with Gasteiger partial charge in [0.2, 0.25) is 0 Å². The molecule has 3 aromatic rings. The highest BCUT2D eigenvalue weighted by Crippen LogP contribution is 2.35. The number of ether oxygens (including phenoxy) is 1. The average molecular weight is 383 g/mol. The monoisotopic (exact) mass is 383 g/mol. The first-order valence-electron chi connectivity index (χ1n) is 7.88. The summed E-state index contributed by atoms with van der Waals surface area (Å²) in [6.45, 7) is 0. The number of terminal acetylenes is 1. The van der Waals surface area contributed by atoms with Crippen molar-refractivity contribution >= 4 is 11.6 Å². The van der Waals surface area contributed by atoms with Crippen LogP contribution in [-0.4, -0.2) is 15.9 Å². The third-order valence-electron chi connectivity index (χ3n) is 3.56. The second kappa shape index (κ2) is 7.80. The fraction of sp³-hybridized carbons (Fsp3) is 0.0500. The van der Waals surface area contributed by atoms with Crippen LogP contribution in [0.15, 0.2) is 61.2 Å². The number of amides is 1. The molecular weight excluding hydrogens is 371 g/mol. The van der Waals surface area contributed by atoms with Crippen LogP contribution in [0.25, 0.3) is 0 Å². The maximum Gasteiger partial charge on any atom is 0.416 e. The summed E-state index contributed by atoms with van der Waals surface area (Å²) in [5.41, 5.74) is -0.371. The molecule has 8 heteroatoms. The van der Waals surface area contributed by atoms with Gasteiger partial charge in [-0.25, -0.2) is 9.97 Å². The fourth-order valence-corrected chi connectivity index (χ4v) is 2.32. The van der Waals surface area contributed by atoms with Crippen molar-refractivity contribution in [3.63, 3.8) is 0 Å². The van der Waals surface area contributed by atoms with Crippen LogP contribution in [0, 0.1) is 12.3 Å². The third kappa shape index (κ3) is 4.65. The standard InChI is InChI=1S/C20H12F3N3O2/c1-2-13-4-3-5-14(6-13)19(27)26-16-7-15(20(21,22)23)8-17(9-16)28-18-10-24-12-25-11-18/h1,3-12H,(H,26,27). The molecule has 0 saturated heterocycles. The maximum atomic E-state index is 13.2. The van der Waals surface area contributed by atoms with Crippen molar-refractivity contribution in [2.24, 2.45) is 0 Å². The molecule has 5 nitrogen and oxygen atoms in total. The number of benzene rings is 2. The lowest BCUT2D eigenvalue weighted by atomic mass is 10.1. The molecule has 0 unspecified atom stereocenters. The van der Waals surface area contributed by atoms with E-state index in [2.05, 4.69) is 21.2 Å². The Morgan fingerprint density at radius 3 is 2.50 bits per heavy atom. The number of hydrogen-bond acceptors (Lipinski definition) is 4. The van der Waals surface area contributed by atoms with Crippen molar-refractivity contribution < 1.29 is 22.7 Å². The highest BCUT2D eigenvalue weighted by molar-refractivity contribution is 6.04. The van der Waals surface area contributed by atoms with Crippen LogP contribution in [0.1, 0.15) is 21.5 Å². The van der Waals surface area contributed by atoms with Crippen LogP contribution in [0.3, 0.4) is 0 Å². The van der Waals surface area contributed by atoms with Crippen molar-refractivity contribution in [3.05, 3.63) is 77.9 Å². The highest BCUT2D eigenvalue weighted by Gasteiger charge is 2.31. The number of hydrogen-bond donors (Lipinski definition) is 1. The Morgan fingerprint density at radius 1 is 1.07 bits per heavy atom. The van der Waals surface area contributed by atoms with E-state index < -0.39 is 17.6 Å². The smallest absolute Gasteiger partial charge is 0.416 e. The van der Waals surface area contributed by atoms with Crippen LogP contribution in [0.5, 0.6) is 11.5 Å². The van der Waals surface area contributed by atoms with Crippen LogP contribution in [0.4, 0.5) is 18.9 Å². The molecule has 140 valence electrons. The predicted molar refractivity (Wildman–Crippen MR) is 95.9 cm³/mol. The second-order valence-electron chi connectivity index (χ2n) is 5.60. The average Bonchev–Trinajstić information content (AvgIpc) is 2.68. The largest absolute Gasteiger partial charge is 0.454 e. The summed E-state index contributed by atoms with van der Waals surface area (Å²) in [5, 5.41) is 2.43. The molecule has 0 aliphatic rings. The molecule has 28 heavy (non-hydrogen) atoms. The first kappa shape index (κ1) is 18.9. The van der Waals surface area contributed by atoms with Crippen LogP contribution in [0.2, 0.25) is 0 Å². The van der Waals surface area contributed by atoms with Crippen molar-refractivity contribution in [2.75, 3.05) is 5.32 Å². The molecule has 0 bridgehead atoms. The molecule has 1 heterocycles. The molecule has 3 rings (SSSR count). The van der Waals surface area contributed by atoms with Gasteiger partial charge in [0.05, 0.1) is 18.0 Å². The summed E-state index contributed by atoms with van der Waals surface area (Å²) in [5.74, 6) is 1.81. The number of halogens is 3. The molecule has 1 aromatic heterocycles. The van der Waals surface area contributed by atoms with E-state index in [1.54, 1.807) is 12.1 Å². The van der Waals surface area contributed by atoms with Gasteiger partial charge >= 0.3 is 6.18 Å². The molecule has 0 spiro atoms. The van der Waals surface area contributed by atoms with Gasteiger partial charge in [-0.05, 0) is 30.3 Å². The lowest BCUT2D eigenvalue weighted by Crippen LogP contribution is -2.13. The van der Waals surface area contributed by atoms with Gasteiger partial charge in [0.1, 0.15) is 12.1 Å². The van der Waals surface area contributed by atoms with Gasteiger partial charge < -0.3 is 10.1 Å². The molecule has 0 fully saturated rings. The molecule has 1 amide bonds. The van der Waals surface area contributed by atoms with Crippen molar-refractivity contribution in [2.45, 2.75) is 6.18 Å². The van der Waals surface area contributed by atoms with Gasteiger partial charge in [-0.2, -0.15) is 13.2 Å². The summed E-state index contributed by atoms with van der Waals surface area (Å²) in [6, 6.07) is 9.09. The van der Waals surface area contributed by atoms with E-state index in [1.807, 2.05) is 0 Å². The van der Waals surface area contributed by atoms with E-state index in [0.29, 0.717) is 5.56 Å². The van der Waals surface area contributed by atoms with Gasteiger partial charge in [-0.1, -0.05) is 12.0 Å². The zero-order chi connectivity index (χ0) is 20.1. The highest BCUT2D eigenvalue weighted by atomic mass is 19.4. The Labute approximate surface area is 158 Å². The maximum absolute atomic E-state index is 13.2. The topological polar surface area (TPSA) is 64.1 Å². The third-order valence-corrected chi connectivity index (χ3v) is 3.56. The molecule has 0 saturated carbocycles. The van der Waals surface area contributed by atoms with Gasteiger partial charge in [0.25, 0.3) is 5.91 Å². The number of nitrogens with zero attached hydrogens (tertiary/aromatic N) is 2. The summed E-state index contributed by atoms with van der Waals surface area (Å²) < 4.78 is 45.1. The summed E-state index contributed by atoms with van der Waals surface area (Å²) in [7, 11) is 0. The van der Waals surface area contributed by atoms with Gasteiger partial charge in [-0.3, -0.25) is 4.79 Å². The lowest BCUT2D eigenvalue weighted by Gasteiger charge is -2.13. The Hall–Kier alpha value is -3.86. The summed E-state index contributed by atoms with van der Waals surface area (Å²) in [4.78, 5) is 19.9. The number of anilines is 1. The van der Waals surface area contributed by atoms with Crippen LogP contribution < -0.4 is 10.1 Å². The number of aromatic nitrogens is 2. The number of alkyl halides is 3. The predicted octanol–water partition coefficient (Wildman–Crippen LogP) is 4.52. The molecule has 0 aliphatic carbocycles. The number of nitrogens with one attached hydrogen (secondary N) is 1. The van der Waals surface area contributed by atoms with E-state index in [0.717, 1.165) is 12.1 Å². The van der Waals surface area contributed by atoms with Crippen LogP contribution >= 0.6 is 0 Å². The zero-order valence-corrected chi connectivity index (χ0v) is 14.2. The Morgan fingerprint density at radius 2 is 1.82 bits per heavy atom. The quantitative estimate of drug-likeness (QED) is 0.673. The van der Waals surface area contributed by atoms with E-state index in [1.165, 1.54) is 36.9 Å². The SMILES string of the molecule is C#Cc1cccc(C(=O)Nc2cc(Oc3cncnc3)cc(C(F)(F)F)c2)c1. The minimum Gasteiger partial charge on any atom is -0.454 e. The molecule has 0 aliphatic heterocycles. The van der Waals surface area contributed by atoms with Crippen molar-refractivity contribution in [1.29, 1.82) is 0 Å². The second-order valence-corrected chi connectivity index (χ2v) is 5.60. The number of rotatable bonds is 4. The van der Waals surface area contributed by atoms with Gasteiger partial charge in [0.15, 0.2) is 5.75 Å². The fourth-order valence-electron chi connectivity index (χ4n) is 2.32. The van der Waals surface area contributed by atoms with E-state index >= 15 is 0 Å². The zero-order valence-electron chi connectivity index (χ0n) is 14.2. The van der Waals surface area contributed by atoms with Crippen LogP contribution in [-0.2, 0) is 6.18 Å². The minimum atomic E-state index is -4.63. The minimum absolute atomic E-state index is 0.0854. The normalized spacial score (nSPS) is 10.8. The van der Waals surface area contributed by atoms with Gasteiger partial charge in [-0.15, -0.1) is 6.42 Å². The van der Waals surface area contributed by atoms with Gasteiger partial charge in [0, 0.05) is 22.9 Å². The Kier molecular flexibility index (Phi) is 5.27.